The molecular weight excluding hydrogens is 242 g/mol. The van der Waals surface area contributed by atoms with E-state index < -0.39 is 0 Å². The highest BCUT2D eigenvalue weighted by Gasteiger charge is 2.14. The van der Waals surface area contributed by atoms with Gasteiger partial charge in [0.25, 0.3) is 0 Å². The molecule has 0 fully saturated rings. The van der Waals surface area contributed by atoms with Crippen molar-refractivity contribution in [2.45, 2.75) is 33.7 Å². The van der Waals surface area contributed by atoms with Crippen LogP contribution in [0.15, 0.2) is 18.2 Å². The van der Waals surface area contributed by atoms with E-state index in [9.17, 15) is 0 Å². The molecule has 1 atom stereocenters. The highest BCUT2D eigenvalue weighted by atomic mass is 32.1. The molecule has 1 unspecified atom stereocenters. The van der Waals surface area contributed by atoms with E-state index in [-0.39, 0.29) is 6.04 Å². The molecule has 1 aromatic carbocycles. The molecule has 0 aliphatic rings. The molecule has 0 aliphatic heterocycles. The zero-order chi connectivity index (χ0) is 13.1. The summed E-state index contributed by atoms with van der Waals surface area (Å²) < 4.78 is 0. The SMILES string of the molecule is CCNC(C)c1nnc(-c2c(C)cccc2C)s1. The zero-order valence-corrected chi connectivity index (χ0v) is 12.1. The lowest BCUT2D eigenvalue weighted by Crippen LogP contribution is -2.17. The van der Waals surface area contributed by atoms with E-state index in [1.807, 2.05) is 0 Å². The van der Waals surface area contributed by atoms with Gasteiger partial charge in [-0.3, -0.25) is 0 Å². The molecule has 0 amide bonds. The fourth-order valence-corrected chi connectivity index (χ4v) is 3.10. The van der Waals surface area contributed by atoms with Crippen molar-refractivity contribution in [2.24, 2.45) is 0 Å². The van der Waals surface area contributed by atoms with Crippen molar-refractivity contribution >= 4 is 11.3 Å². The van der Waals surface area contributed by atoms with E-state index in [1.165, 1.54) is 16.7 Å². The molecule has 3 nitrogen and oxygen atoms in total. The number of aryl methyl sites for hydroxylation is 2. The van der Waals surface area contributed by atoms with Gasteiger partial charge in [-0.15, -0.1) is 10.2 Å². The summed E-state index contributed by atoms with van der Waals surface area (Å²) >= 11 is 1.68. The summed E-state index contributed by atoms with van der Waals surface area (Å²) in [5.41, 5.74) is 3.74. The molecule has 1 heterocycles. The largest absolute Gasteiger partial charge is 0.308 e. The Morgan fingerprint density at radius 3 is 2.50 bits per heavy atom. The molecule has 0 saturated carbocycles. The summed E-state index contributed by atoms with van der Waals surface area (Å²) in [6.07, 6.45) is 0. The third kappa shape index (κ3) is 2.60. The molecule has 2 aromatic rings. The summed E-state index contributed by atoms with van der Waals surface area (Å²) in [5, 5.41) is 14.1. The van der Waals surface area contributed by atoms with Gasteiger partial charge in [0.05, 0.1) is 6.04 Å². The summed E-state index contributed by atoms with van der Waals surface area (Å²) in [6.45, 7) is 9.41. The first-order valence-corrected chi connectivity index (χ1v) is 7.08. The van der Waals surface area contributed by atoms with Crippen molar-refractivity contribution in [3.05, 3.63) is 34.3 Å². The number of hydrogen-bond donors (Lipinski definition) is 1. The number of nitrogens with zero attached hydrogens (tertiary/aromatic N) is 2. The van der Waals surface area contributed by atoms with E-state index in [2.05, 4.69) is 61.4 Å². The minimum atomic E-state index is 0.269. The first kappa shape index (κ1) is 13.2. The van der Waals surface area contributed by atoms with E-state index in [0.717, 1.165) is 16.6 Å². The van der Waals surface area contributed by atoms with Crippen molar-refractivity contribution < 1.29 is 0 Å². The lowest BCUT2D eigenvalue weighted by atomic mass is 10.0. The van der Waals surface area contributed by atoms with Crippen LogP contribution in [0.5, 0.6) is 0 Å². The zero-order valence-electron chi connectivity index (χ0n) is 11.3. The Morgan fingerprint density at radius 2 is 1.89 bits per heavy atom. The first-order valence-electron chi connectivity index (χ1n) is 6.26. The van der Waals surface area contributed by atoms with Gasteiger partial charge < -0.3 is 5.32 Å². The van der Waals surface area contributed by atoms with Crippen LogP contribution in [0.2, 0.25) is 0 Å². The smallest absolute Gasteiger partial charge is 0.148 e. The number of aromatic nitrogens is 2. The lowest BCUT2D eigenvalue weighted by molar-refractivity contribution is 0.590. The van der Waals surface area contributed by atoms with Crippen LogP contribution in [-0.2, 0) is 0 Å². The number of benzene rings is 1. The predicted octanol–water partition coefficient (Wildman–Crippen LogP) is 3.49. The van der Waals surface area contributed by atoms with E-state index in [0.29, 0.717) is 0 Å². The molecule has 1 N–H and O–H groups in total. The van der Waals surface area contributed by atoms with Gasteiger partial charge in [-0.2, -0.15) is 0 Å². The fraction of sp³-hybridized carbons (Fsp3) is 0.429. The normalized spacial score (nSPS) is 12.7. The number of rotatable bonds is 4. The predicted molar refractivity (Wildman–Crippen MR) is 76.9 cm³/mol. The van der Waals surface area contributed by atoms with Crippen molar-refractivity contribution in [1.82, 2.24) is 15.5 Å². The minimum Gasteiger partial charge on any atom is -0.308 e. The second-order valence-electron chi connectivity index (χ2n) is 4.49. The van der Waals surface area contributed by atoms with Gasteiger partial charge in [0.15, 0.2) is 0 Å². The fourth-order valence-electron chi connectivity index (χ4n) is 2.06. The molecule has 1 aromatic heterocycles. The van der Waals surface area contributed by atoms with Crippen molar-refractivity contribution in [2.75, 3.05) is 6.54 Å². The van der Waals surface area contributed by atoms with Crippen molar-refractivity contribution in [3.63, 3.8) is 0 Å². The van der Waals surface area contributed by atoms with Crippen LogP contribution in [-0.4, -0.2) is 16.7 Å². The summed E-state index contributed by atoms with van der Waals surface area (Å²) in [7, 11) is 0. The Balaban J connectivity index is 2.35. The molecule has 2 rings (SSSR count). The van der Waals surface area contributed by atoms with Gasteiger partial charge in [-0.25, -0.2) is 0 Å². The van der Waals surface area contributed by atoms with Crippen LogP contribution in [0.25, 0.3) is 10.6 Å². The van der Waals surface area contributed by atoms with Crippen molar-refractivity contribution in [1.29, 1.82) is 0 Å². The molecule has 96 valence electrons. The topological polar surface area (TPSA) is 37.8 Å². The quantitative estimate of drug-likeness (QED) is 0.915. The molecular formula is C14H19N3S. The average molecular weight is 261 g/mol. The highest BCUT2D eigenvalue weighted by molar-refractivity contribution is 7.14. The number of nitrogens with one attached hydrogen (secondary N) is 1. The molecule has 0 aliphatic carbocycles. The standard InChI is InChI=1S/C14H19N3S/c1-5-15-11(4)13-16-17-14(18-13)12-9(2)7-6-8-10(12)3/h6-8,11,15H,5H2,1-4H3. The van der Waals surface area contributed by atoms with E-state index >= 15 is 0 Å². The first-order chi connectivity index (χ1) is 8.63. The second-order valence-corrected chi connectivity index (χ2v) is 5.50. The Labute approximate surface area is 112 Å². The van der Waals surface area contributed by atoms with Gasteiger partial charge in [-0.05, 0) is 38.4 Å². The average Bonchev–Trinajstić information content (AvgIpc) is 2.78. The highest BCUT2D eigenvalue weighted by Crippen LogP contribution is 2.31. The van der Waals surface area contributed by atoms with Gasteiger partial charge in [0, 0.05) is 5.56 Å². The van der Waals surface area contributed by atoms with Crippen LogP contribution in [0, 0.1) is 13.8 Å². The Morgan fingerprint density at radius 1 is 1.22 bits per heavy atom. The van der Waals surface area contributed by atoms with Crippen molar-refractivity contribution in [3.8, 4) is 10.6 Å². The number of hydrogen-bond acceptors (Lipinski definition) is 4. The Bertz CT molecular complexity index is 513. The van der Waals surface area contributed by atoms with Crippen LogP contribution in [0.1, 0.15) is 36.0 Å². The summed E-state index contributed by atoms with van der Waals surface area (Å²) in [6, 6.07) is 6.59. The van der Waals surface area contributed by atoms with E-state index in [1.54, 1.807) is 11.3 Å². The lowest BCUT2D eigenvalue weighted by Gasteiger charge is -2.07. The van der Waals surface area contributed by atoms with Crippen LogP contribution >= 0.6 is 11.3 Å². The van der Waals surface area contributed by atoms with Gasteiger partial charge in [0.2, 0.25) is 0 Å². The van der Waals surface area contributed by atoms with Gasteiger partial charge in [-0.1, -0.05) is 36.5 Å². The third-order valence-electron chi connectivity index (χ3n) is 3.02. The Hall–Kier alpha value is -1.26. The summed E-state index contributed by atoms with van der Waals surface area (Å²) in [4.78, 5) is 0. The summed E-state index contributed by atoms with van der Waals surface area (Å²) in [5.74, 6) is 0. The molecule has 0 saturated heterocycles. The van der Waals surface area contributed by atoms with Crippen LogP contribution in [0.3, 0.4) is 0 Å². The maximum atomic E-state index is 4.34. The second kappa shape index (κ2) is 5.59. The maximum Gasteiger partial charge on any atom is 0.148 e. The third-order valence-corrected chi connectivity index (χ3v) is 4.14. The molecule has 18 heavy (non-hydrogen) atoms. The monoisotopic (exact) mass is 261 g/mol. The van der Waals surface area contributed by atoms with E-state index in [4.69, 9.17) is 0 Å². The Kier molecular flexibility index (Phi) is 4.09. The van der Waals surface area contributed by atoms with Gasteiger partial charge in [0.1, 0.15) is 10.0 Å². The van der Waals surface area contributed by atoms with Crippen LogP contribution in [0.4, 0.5) is 0 Å². The van der Waals surface area contributed by atoms with Gasteiger partial charge >= 0.3 is 0 Å². The molecule has 0 bridgehead atoms. The molecule has 0 radical (unpaired) electrons. The molecule has 4 heteroatoms. The van der Waals surface area contributed by atoms with Crippen LogP contribution < -0.4 is 5.32 Å². The maximum absolute atomic E-state index is 4.34. The minimum absolute atomic E-state index is 0.269. The molecule has 0 spiro atoms.